The van der Waals surface area contributed by atoms with Crippen LogP contribution in [0.3, 0.4) is 0 Å². The largest absolute Gasteiger partial charge is 0.494 e. The predicted molar refractivity (Wildman–Crippen MR) is 73.7 cm³/mol. The molecule has 18 heavy (non-hydrogen) atoms. The fourth-order valence-electron chi connectivity index (χ4n) is 2.01. The second-order valence-electron chi connectivity index (χ2n) is 4.25. The zero-order valence-corrected chi connectivity index (χ0v) is 11.0. The van der Waals surface area contributed by atoms with Gasteiger partial charge in [0.1, 0.15) is 11.4 Å². The molecule has 1 aromatic heterocycles. The van der Waals surface area contributed by atoms with Gasteiger partial charge in [-0.25, -0.2) is 0 Å². The molecule has 1 heterocycles. The van der Waals surface area contributed by atoms with Crippen molar-refractivity contribution in [1.29, 1.82) is 0 Å². The van der Waals surface area contributed by atoms with E-state index in [-0.39, 0.29) is 0 Å². The van der Waals surface area contributed by atoms with E-state index in [1.54, 1.807) is 13.3 Å². The Morgan fingerprint density at radius 2 is 2.11 bits per heavy atom. The quantitative estimate of drug-likeness (QED) is 0.895. The van der Waals surface area contributed by atoms with Gasteiger partial charge in [-0.05, 0) is 37.7 Å². The third-order valence-corrected chi connectivity index (χ3v) is 2.88. The molecular formula is C15H18N2O. The average Bonchev–Trinajstić information content (AvgIpc) is 2.41. The van der Waals surface area contributed by atoms with Crippen molar-refractivity contribution in [2.24, 2.45) is 0 Å². The van der Waals surface area contributed by atoms with Gasteiger partial charge in [-0.2, -0.15) is 0 Å². The Labute approximate surface area is 108 Å². The van der Waals surface area contributed by atoms with Crippen molar-refractivity contribution < 1.29 is 4.74 Å². The molecule has 0 saturated carbocycles. The van der Waals surface area contributed by atoms with E-state index in [9.17, 15) is 0 Å². The highest BCUT2D eigenvalue weighted by Crippen LogP contribution is 2.30. The van der Waals surface area contributed by atoms with Crippen molar-refractivity contribution >= 4 is 0 Å². The fraction of sp³-hybridized carbons (Fsp3) is 0.267. The molecule has 0 saturated heterocycles. The second kappa shape index (κ2) is 5.65. The monoisotopic (exact) mass is 242 g/mol. The van der Waals surface area contributed by atoms with E-state index in [1.807, 2.05) is 19.2 Å². The van der Waals surface area contributed by atoms with Crippen LogP contribution in [0.1, 0.15) is 11.1 Å². The van der Waals surface area contributed by atoms with Gasteiger partial charge in [0, 0.05) is 18.3 Å². The van der Waals surface area contributed by atoms with Crippen LogP contribution in [-0.2, 0) is 6.54 Å². The topological polar surface area (TPSA) is 34.2 Å². The molecule has 0 fully saturated rings. The highest BCUT2D eigenvalue weighted by molar-refractivity contribution is 5.70. The molecule has 0 radical (unpaired) electrons. The number of nitrogens with one attached hydrogen (secondary N) is 1. The van der Waals surface area contributed by atoms with Gasteiger partial charge in [0.05, 0.1) is 7.11 Å². The summed E-state index contributed by atoms with van der Waals surface area (Å²) in [6.07, 6.45) is 1.79. The van der Waals surface area contributed by atoms with Gasteiger partial charge in [-0.1, -0.05) is 17.7 Å². The number of benzene rings is 1. The van der Waals surface area contributed by atoms with E-state index in [4.69, 9.17) is 4.74 Å². The van der Waals surface area contributed by atoms with Crippen LogP contribution < -0.4 is 10.1 Å². The van der Waals surface area contributed by atoms with Crippen LogP contribution in [0.2, 0.25) is 0 Å². The number of nitrogens with zero attached hydrogens (tertiary/aromatic N) is 1. The summed E-state index contributed by atoms with van der Waals surface area (Å²) >= 11 is 0. The number of pyridine rings is 1. The first-order valence-electron chi connectivity index (χ1n) is 5.99. The number of hydrogen-bond acceptors (Lipinski definition) is 3. The molecule has 1 aromatic carbocycles. The Morgan fingerprint density at radius 3 is 2.83 bits per heavy atom. The van der Waals surface area contributed by atoms with Crippen molar-refractivity contribution in [3.05, 3.63) is 47.7 Å². The third kappa shape index (κ3) is 2.51. The Balaban J connectivity index is 2.57. The number of aromatic nitrogens is 1. The Morgan fingerprint density at radius 1 is 1.28 bits per heavy atom. The summed E-state index contributed by atoms with van der Waals surface area (Å²) in [6, 6.07) is 10.2. The lowest BCUT2D eigenvalue weighted by Gasteiger charge is -2.12. The molecule has 0 atom stereocenters. The van der Waals surface area contributed by atoms with Crippen LogP contribution in [0.15, 0.2) is 36.5 Å². The summed E-state index contributed by atoms with van der Waals surface area (Å²) < 4.78 is 5.39. The van der Waals surface area contributed by atoms with Crippen LogP contribution in [0.5, 0.6) is 5.75 Å². The van der Waals surface area contributed by atoms with Crippen molar-refractivity contribution in [3.63, 3.8) is 0 Å². The Hall–Kier alpha value is -1.87. The molecule has 2 aromatic rings. The summed E-state index contributed by atoms with van der Waals surface area (Å²) in [4.78, 5) is 4.45. The molecule has 0 aliphatic heterocycles. The second-order valence-corrected chi connectivity index (χ2v) is 4.25. The maximum absolute atomic E-state index is 5.39. The molecule has 94 valence electrons. The van der Waals surface area contributed by atoms with Crippen LogP contribution in [-0.4, -0.2) is 19.1 Å². The minimum absolute atomic E-state index is 0.806. The lowest BCUT2D eigenvalue weighted by molar-refractivity contribution is 0.415. The van der Waals surface area contributed by atoms with Gasteiger partial charge in [0.2, 0.25) is 0 Å². The molecule has 3 nitrogen and oxygen atoms in total. The van der Waals surface area contributed by atoms with Crippen LogP contribution in [0, 0.1) is 6.92 Å². The molecule has 2 rings (SSSR count). The Bertz CT molecular complexity index is 538. The fourth-order valence-corrected chi connectivity index (χ4v) is 2.01. The first-order chi connectivity index (χ1) is 8.76. The number of methoxy groups -OCH3 is 1. The van der Waals surface area contributed by atoms with Crippen molar-refractivity contribution in [3.8, 4) is 17.0 Å². The summed E-state index contributed by atoms with van der Waals surface area (Å²) in [5.41, 5.74) is 4.47. The smallest absolute Gasteiger partial charge is 0.145 e. The summed E-state index contributed by atoms with van der Waals surface area (Å²) in [6.45, 7) is 2.90. The van der Waals surface area contributed by atoms with E-state index in [1.165, 1.54) is 11.1 Å². The highest BCUT2D eigenvalue weighted by Gasteiger charge is 2.11. The maximum Gasteiger partial charge on any atom is 0.145 e. The third-order valence-electron chi connectivity index (χ3n) is 2.88. The minimum atomic E-state index is 0.806. The maximum atomic E-state index is 5.39. The van der Waals surface area contributed by atoms with Crippen LogP contribution in [0.4, 0.5) is 0 Å². The van der Waals surface area contributed by atoms with E-state index in [0.717, 1.165) is 23.6 Å². The standard InChI is InChI=1S/C15H18N2O/c1-11-6-7-12(10-16-2)13(9-11)15-14(18-3)5-4-8-17-15/h4-9,16H,10H2,1-3H3. The number of aryl methyl sites for hydroxylation is 1. The lowest BCUT2D eigenvalue weighted by Crippen LogP contribution is -2.07. The van der Waals surface area contributed by atoms with Crippen molar-refractivity contribution in [2.75, 3.05) is 14.2 Å². The molecule has 3 heteroatoms. The van der Waals surface area contributed by atoms with Gasteiger partial charge in [-0.15, -0.1) is 0 Å². The van der Waals surface area contributed by atoms with Crippen LogP contribution in [0.25, 0.3) is 11.3 Å². The van der Waals surface area contributed by atoms with Gasteiger partial charge < -0.3 is 10.1 Å². The lowest BCUT2D eigenvalue weighted by atomic mass is 10.0. The average molecular weight is 242 g/mol. The molecular weight excluding hydrogens is 224 g/mol. The first kappa shape index (κ1) is 12.6. The zero-order chi connectivity index (χ0) is 13.0. The zero-order valence-electron chi connectivity index (χ0n) is 11.0. The summed E-state index contributed by atoms with van der Waals surface area (Å²) in [5.74, 6) is 0.806. The summed E-state index contributed by atoms with van der Waals surface area (Å²) in [5, 5.41) is 3.18. The van der Waals surface area contributed by atoms with Gasteiger partial charge >= 0.3 is 0 Å². The van der Waals surface area contributed by atoms with Crippen molar-refractivity contribution in [2.45, 2.75) is 13.5 Å². The molecule has 0 spiro atoms. The van der Waals surface area contributed by atoms with E-state index in [0.29, 0.717) is 0 Å². The number of rotatable bonds is 4. The molecule has 0 amide bonds. The SMILES string of the molecule is CNCc1ccc(C)cc1-c1ncccc1OC. The van der Waals surface area contributed by atoms with Gasteiger partial charge in [-0.3, -0.25) is 4.98 Å². The molecule has 0 bridgehead atoms. The predicted octanol–water partition coefficient (Wildman–Crippen LogP) is 2.79. The number of hydrogen-bond donors (Lipinski definition) is 1. The van der Waals surface area contributed by atoms with Crippen molar-refractivity contribution in [1.82, 2.24) is 10.3 Å². The van der Waals surface area contributed by atoms with E-state index < -0.39 is 0 Å². The molecule has 0 aliphatic rings. The first-order valence-corrected chi connectivity index (χ1v) is 5.99. The van der Waals surface area contributed by atoms with Gasteiger partial charge in [0.15, 0.2) is 0 Å². The molecule has 0 aliphatic carbocycles. The molecule has 0 unspecified atom stereocenters. The van der Waals surface area contributed by atoms with Gasteiger partial charge in [0.25, 0.3) is 0 Å². The Kier molecular flexibility index (Phi) is 3.95. The molecule has 1 N–H and O–H groups in total. The van der Waals surface area contributed by atoms with E-state index in [2.05, 4.69) is 35.4 Å². The highest BCUT2D eigenvalue weighted by atomic mass is 16.5. The minimum Gasteiger partial charge on any atom is -0.494 e. The summed E-state index contributed by atoms with van der Waals surface area (Å²) in [7, 11) is 3.62. The normalized spacial score (nSPS) is 10.4. The van der Waals surface area contributed by atoms with Crippen LogP contribution >= 0.6 is 0 Å². The van der Waals surface area contributed by atoms with E-state index >= 15 is 0 Å². The number of ether oxygens (including phenoxy) is 1.